The van der Waals surface area contributed by atoms with E-state index >= 15 is 0 Å². The highest BCUT2D eigenvalue weighted by Gasteiger charge is 2.25. The lowest BCUT2D eigenvalue weighted by molar-refractivity contribution is -0.135. The fourth-order valence-corrected chi connectivity index (χ4v) is 6.01. The van der Waals surface area contributed by atoms with Crippen LogP contribution in [0.3, 0.4) is 0 Å². The van der Waals surface area contributed by atoms with Gasteiger partial charge >= 0.3 is 18.0 Å². The van der Waals surface area contributed by atoms with Crippen molar-refractivity contribution in [2.45, 2.75) is 25.4 Å². The summed E-state index contributed by atoms with van der Waals surface area (Å²) in [6.45, 7) is 3.22. The Morgan fingerprint density at radius 2 is 1.93 bits per heavy atom. The molecule has 0 radical (unpaired) electrons. The second kappa shape index (κ2) is 12.9. The van der Waals surface area contributed by atoms with Gasteiger partial charge in [0, 0.05) is 63.3 Å². The summed E-state index contributed by atoms with van der Waals surface area (Å²) >= 11 is 1.50. The van der Waals surface area contributed by atoms with Gasteiger partial charge in [-0.2, -0.15) is 0 Å². The minimum absolute atomic E-state index is 0.0661. The average Bonchev–Trinajstić information content (AvgIpc) is 3.71. The molecule has 6 rings (SSSR count). The van der Waals surface area contributed by atoms with Gasteiger partial charge in [0.1, 0.15) is 12.3 Å². The number of piperazine rings is 1. The van der Waals surface area contributed by atoms with Crippen LogP contribution in [-0.4, -0.2) is 83.2 Å². The van der Waals surface area contributed by atoms with Crippen LogP contribution in [-0.2, 0) is 11.3 Å². The molecule has 5 N–H and O–H groups in total. The van der Waals surface area contributed by atoms with Crippen molar-refractivity contribution < 1.29 is 28.6 Å². The average molecular weight is 622 g/mol. The van der Waals surface area contributed by atoms with Gasteiger partial charge < -0.3 is 36.0 Å². The molecule has 0 unspecified atom stereocenters. The van der Waals surface area contributed by atoms with Crippen LogP contribution in [0.15, 0.2) is 48.7 Å². The Morgan fingerprint density at radius 3 is 2.64 bits per heavy atom. The van der Waals surface area contributed by atoms with E-state index in [-0.39, 0.29) is 23.9 Å². The molecule has 3 aromatic rings. The summed E-state index contributed by atoms with van der Waals surface area (Å²) in [6, 6.07) is 9.87. The number of carboxylic acid groups (broad SMARTS) is 1. The molecule has 230 valence electrons. The molecule has 2 aliphatic heterocycles. The van der Waals surface area contributed by atoms with E-state index in [0.717, 1.165) is 39.5 Å². The number of nitrogens with one attached hydrogen (secondary N) is 4. The number of carboxylic acids is 1. The topological polar surface area (TPSA) is 148 Å². The lowest BCUT2D eigenvalue weighted by atomic mass is 10.2. The highest BCUT2D eigenvalue weighted by molar-refractivity contribution is 7.17. The van der Waals surface area contributed by atoms with E-state index in [0.29, 0.717) is 50.7 Å². The van der Waals surface area contributed by atoms with E-state index < -0.39 is 18.3 Å². The molecule has 44 heavy (non-hydrogen) atoms. The Hall–Kier alpha value is -4.69. The molecule has 0 atom stereocenters. The van der Waals surface area contributed by atoms with Crippen molar-refractivity contribution in [2.75, 3.05) is 49.9 Å². The van der Waals surface area contributed by atoms with Crippen molar-refractivity contribution in [3.8, 4) is 16.3 Å². The zero-order valence-corrected chi connectivity index (χ0v) is 24.6. The zero-order chi connectivity index (χ0) is 30.6. The number of carbonyl (C=O) groups excluding carboxylic acids is 2. The van der Waals surface area contributed by atoms with Gasteiger partial charge in [-0.3, -0.25) is 14.7 Å². The molecule has 1 aliphatic carbocycles. The maximum absolute atomic E-state index is 14.9. The molecular weight excluding hydrogens is 589 g/mol. The molecule has 0 bridgehead atoms. The van der Waals surface area contributed by atoms with Gasteiger partial charge in [-0.1, -0.05) is 6.07 Å². The van der Waals surface area contributed by atoms with Gasteiger partial charge in [0.15, 0.2) is 11.6 Å². The number of rotatable bonds is 9. The predicted molar refractivity (Wildman–Crippen MR) is 164 cm³/mol. The summed E-state index contributed by atoms with van der Waals surface area (Å²) in [5.74, 6) is -1.03. The van der Waals surface area contributed by atoms with Crippen molar-refractivity contribution in [1.82, 2.24) is 25.4 Å². The Kier molecular flexibility index (Phi) is 8.61. The van der Waals surface area contributed by atoms with Crippen molar-refractivity contribution in [2.24, 2.45) is 0 Å². The Bertz CT molecular complexity index is 1580. The van der Waals surface area contributed by atoms with Crippen molar-refractivity contribution >= 4 is 46.5 Å². The van der Waals surface area contributed by atoms with Gasteiger partial charge in [-0.15, -0.1) is 11.3 Å². The number of carbonyl (C=O) groups is 3. The molecule has 4 amide bonds. The van der Waals surface area contributed by atoms with E-state index in [4.69, 9.17) is 9.84 Å². The normalized spacial score (nSPS) is 16.3. The molecule has 2 fully saturated rings. The number of nitrogens with zero attached hydrogens (tertiary/aromatic N) is 3. The lowest BCUT2D eigenvalue weighted by Crippen LogP contribution is -2.52. The van der Waals surface area contributed by atoms with Crippen LogP contribution in [0.5, 0.6) is 5.75 Å². The molecule has 1 saturated carbocycles. The molecule has 1 saturated heterocycles. The van der Waals surface area contributed by atoms with Crippen LogP contribution in [0.1, 0.15) is 23.3 Å². The maximum Gasteiger partial charge on any atom is 0.323 e. The number of amides is 4. The predicted octanol–water partition coefficient (Wildman–Crippen LogP) is 3.99. The molecule has 3 aliphatic rings. The van der Waals surface area contributed by atoms with Crippen molar-refractivity contribution in [1.29, 1.82) is 0 Å². The smallest absolute Gasteiger partial charge is 0.323 e. The molecule has 2 aromatic heterocycles. The summed E-state index contributed by atoms with van der Waals surface area (Å²) in [4.78, 5) is 45.1. The number of pyridine rings is 1. The van der Waals surface area contributed by atoms with Gasteiger partial charge in [0.25, 0.3) is 0 Å². The maximum atomic E-state index is 14.9. The third-order valence-corrected chi connectivity index (χ3v) is 8.56. The highest BCUT2D eigenvalue weighted by Crippen LogP contribution is 2.41. The molecule has 0 spiro atoms. The van der Waals surface area contributed by atoms with E-state index in [1.807, 2.05) is 30.5 Å². The molecule has 4 heterocycles. The summed E-state index contributed by atoms with van der Waals surface area (Å²) in [6.07, 6.45) is 5.64. The number of aromatic nitrogens is 1. The van der Waals surface area contributed by atoms with Crippen molar-refractivity contribution in [3.05, 3.63) is 64.9 Å². The number of benzene rings is 1. The number of ether oxygens (including phenoxy) is 1. The van der Waals surface area contributed by atoms with E-state index in [1.165, 1.54) is 23.5 Å². The number of thiophene rings is 1. The van der Waals surface area contributed by atoms with Crippen LogP contribution in [0, 0.1) is 5.82 Å². The first-order valence-corrected chi connectivity index (χ1v) is 15.2. The highest BCUT2D eigenvalue weighted by atomic mass is 32.1. The van der Waals surface area contributed by atoms with Crippen LogP contribution in [0.4, 0.5) is 25.4 Å². The van der Waals surface area contributed by atoms with E-state index in [9.17, 15) is 18.8 Å². The number of anilines is 2. The monoisotopic (exact) mass is 621 g/mol. The first-order chi connectivity index (χ1) is 21.3. The zero-order valence-electron chi connectivity index (χ0n) is 23.8. The number of aliphatic carboxylic acids is 1. The summed E-state index contributed by atoms with van der Waals surface area (Å²) in [5, 5.41) is 19.9. The van der Waals surface area contributed by atoms with Gasteiger partial charge in [-0.25, -0.2) is 14.0 Å². The number of urea groups is 2. The Morgan fingerprint density at radius 1 is 1.11 bits per heavy atom. The molecular formula is C30H32FN7O5S. The second-order valence-corrected chi connectivity index (χ2v) is 11.8. The van der Waals surface area contributed by atoms with E-state index in [2.05, 4.69) is 31.2 Å². The Balaban J connectivity index is 1.05. The summed E-state index contributed by atoms with van der Waals surface area (Å²) in [5.41, 5.74) is 3.08. The van der Waals surface area contributed by atoms with Gasteiger partial charge in [-0.05, 0) is 48.7 Å². The molecule has 12 nitrogen and oxygen atoms in total. The van der Waals surface area contributed by atoms with Crippen molar-refractivity contribution in [3.63, 3.8) is 0 Å². The van der Waals surface area contributed by atoms with Crippen LogP contribution >= 0.6 is 11.3 Å². The van der Waals surface area contributed by atoms with Crippen LogP contribution in [0.2, 0.25) is 0 Å². The quantitative estimate of drug-likeness (QED) is 0.241. The number of hydrogen-bond acceptors (Lipinski definition) is 8. The minimum Gasteiger partial charge on any atom is -0.480 e. The number of hydrogen-bond donors (Lipinski definition) is 5. The summed E-state index contributed by atoms with van der Waals surface area (Å²) < 4.78 is 20.9. The largest absolute Gasteiger partial charge is 0.480 e. The first kappa shape index (κ1) is 29.4. The third kappa shape index (κ3) is 7.26. The number of halogens is 1. The van der Waals surface area contributed by atoms with Gasteiger partial charge in [0.05, 0.1) is 21.1 Å². The first-order valence-electron chi connectivity index (χ1n) is 14.4. The van der Waals surface area contributed by atoms with E-state index in [1.54, 1.807) is 11.0 Å². The van der Waals surface area contributed by atoms with Crippen LogP contribution in [0.25, 0.3) is 16.3 Å². The third-order valence-electron chi connectivity index (χ3n) is 7.39. The molecule has 1 aromatic carbocycles. The summed E-state index contributed by atoms with van der Waals surface area (Å²) in [7, 11) is 0. The fourth-order valence-electron chi connectivity index (χ4n) is 4.92. The second-order valence-electron chi connectivity index (χ2n) is 10.8. The standard InChI is InChI=1S/C30H32FN7O5S/c31-21-13-20(36-29(41)35-19-2-3-19)4-6-24(21)43-25-7-8-32-23-14-26(44-28(23)25)22-5-1-18(15-33-22)17-37-9-11-38(12-10-37)30(42)34-16-27(39)40/h1,4-7,13-15,19,32H,2-3,8-12,16-17H2,(H,34,42)(H,39,40)(H2,35,36,41). The SMILES string of the molecule is O=C(O)CNC(=O)N1CCN(Cc2ccc(-c3cc4c(s3)C(Oc3ccc(NC(=O)NC5CC5)cc3F)=CCN4)nc2)CC1. The molecule has 14 heteroatoms. The minimum atomic E-state index is -1.07. The lowest BCUT2D eigenvalue weighted by Gasteiger charge is -2.34. The Labute approximate surface area is 256 Å². The van der Waals surface area contributed by atoms with Gasteiger partial charge in [0.2, 0.25) is 0 Å². The number of fused-ring (bicyclic) bond motifs is 1. The fraction of sp³-hybridized carbons (Fsp3) is 0.333. The van der Waals surface area contributed by atoms with Crippen LogP contribution < -0.4 is 26.0 Å².